The summed E-state index contributed by atoms with van der Waals surface area (Å²) in [6, 6.07) is 4.74. The smallest absolute Gasteiger partial charge is 0.421 e. The van der Waals surface area contributed by atoms with Gasteiger partial charge in [-0.25, -0.2) is 17.9 Å². The van der Waals surface area contributed by atoms with Crippen LogP contribution in [0.25, 0.3) is 0 Å². The molecule has 22 heavy (non-hydrogen) atoms. The number of sulfonamides is 1. The number of amides is 1. The van der Waals surface area contributed by atoms with E-state index in [0.717, 1.165) is 18.6 Å². The van der Waals surface area contributed by atoms with Gasteiger partial charge in [0.15, 0.2) is 4.90 Å². The number of carbonyl (C=O) groups excluding carboxylic acids is 1. The van der Waals surface area contributed by atoms with E-state index in [9.17, 15) is 23.3 Å². The lowest BCUT2D eigenvalue weighted by Crippen LogP contribution is -2.35. The number of ether oxygens (including phenoxy) is 2. The highest BCUT2D eigenvalue weighted by molar-refractivity contribution is 7.90. The summed E-state index contributed by atoms with van der Waals surface area (Å²) in [5.74, 6) is 0. The van der Waals surface area contributed by atoms with Gasteiger partial charge in [0.25, 0.3) is 15.7 Å². The Hall–Kier alpha value is -2.20. The van der Waals surface area contributed by atoms with Gasteiger partial charge >= 0.3 is 6.09 Å². The zero-order chi connectivity index (χ0) is 15.9. The third-order valence-corrected chi connectivity index (χ3v) is 4.91. The molecular weight excluding hydrogens is 316 g/mol. The molecule has 10 heteroatoms. The first-order valence-electron chi connectivity index (χ1n) is 6.51. The third kappa shape index (κ3) is 2.74. The van der Waals surface area contributed by atoms with Crippen LogP contribution in [0.5, 0.6) is 0 Å². The van der Waals surface area contributed by atoms with Gasteiger partial charge in [0.05, 0.1) is 11.0 Å². The number of nitrogens with zero attached hydrogens (tertiary/aromatic N) is 1. The minimum Gasteiger partial charge on any atom is -0.443 e. The molecule has 0 bridgehead atoms. The molecule has 3 rings (SSSR count). The second-order valence-electron chi connectivity index (χ2n) is 4.99. The first-order chi connectivity index (χ1) is 10.4. The van der Waals surface area contributed by atoms with E-state index in [0.29, 0.717) is 6.42 Å². The normalized spacial score (nSPS) is 26.1. The van der Waals surface area contributed by atoms with Crippen molar-refractivity contribution in [3.8, 4) is 0 Å². The minimum absolute atomic E-state index is 0.0876. The Balaban J connectivity index is 1.73. The maximum absolute atomic E-state index is 12.1. The van der Waals surface area contributed by atoms with Gasteiger partial charge in [-0.15, -0.1) is 0 Å². The van der Waals surface area contributed by atoms with Crippen molar-refractivity contribution in [2.75, 3.05) is 0 Å². The van der Waals surface area contributed by atoms with Gasteiger partial charge in [-0.1, -0.05) is 12.1 Å². The summed E-state index contributed by atoms with van der Waals surface area (Å²) in [6.07, 6.45) is -0.359. The largest absolute Gasteiger partial charge is 0.443 e. The van der Waals surface area contributed by atoms with E-state index in [-0.39, 0.29) is 12.2 Å². The molecule has 1 aromatic carbocycles. The first-order valence-corrected chi connectivity index (χ1v) is 7.99. The summed E-state index contributed by atoms with van der Waals surface area (Å²) in [5.41, 5.74) is -0.616. The van der Waals surface area contributed by atoms with Crippen LogP contribution >= 0.6 is 0 Å². The number of hydrogen-bond acceptors (Lipinski definition) is 7. The molecule has 1 aliphatic heterocycles. The number of carbonyl (C=O) groups is 1. The van der Waals surface area contributed by atoms with Gasteiger partial charge in [-0.3, -0.25) is 10.1 Å². The highest BCUT2D eigenvalue weighted by Gasteiger charge is 2.52. The number of epoxide rings is 1. The van der Waals surface area contributed by atoms with E-state index < -0.39 is 37.7 Å². The van der Waals surface area contributed by atoms with E-state index in [4.69, 9.17) is 9.47 Å². The fourth-order valence-corrected chi connectivity index (χ4v) is 3.55. The van der Waals surface area contributed by atoms with Gasteiger partial charge in [0.2, 0.25) is 0 Å². The SMILES string of the molecule is O=C(NS(=O)(=O)c1ccccc1[N+](=O)[O-])OC1CCC2OC12. The number of benzene rings is 1. The molecule has 3 atom stereocenters. The van der Waals surface area contributed by atoms with Crippen molar-refractivity contribution in [3.63, 3.8) is 0 Å². The monoisotopic (exact) mass is 328 g/mol. The number of nitro benzene ring substituents is 1. The molecule has 1 N–H and O–H groups in total. The molecule has 0 spiro atoms. The van der Waals surface area contributed by atoms with Gasteiger partial charge in [-0.05, 0) is 18.9 Å². The number of para-hydroxylation sites is 1. The molecule has 2 aliphatic rings. The fraction of sp³-hybridized carbons (Fsp3) is 0.417. The number of hydrogen-bond donors (Lipinski definition) is 1. The molecule has 1 aromatic rings. The van der Waals surface area contributed by atoms with Crippen molar-refractivity contribution in [1.29, 1.82) is 0 Å². The van der Waals surface area contributed by atoms with Crippen LogP contribution in [0.4, 0.5) is 10.5 Å². The lowest BCUT2D eigenvalue weighted by molar-refractivity contribution is -0.387. The van der Waals surface area contributed by atoms with Crippen LogP contribution in [0.2, 0.25) is 0 Å². The van der Waals surface area contributed by atoms with Gasteiger partial charge in [0, 0.05) is 6.07 Å². The lowest BCUT2D eigenvalue weighted by Gasteiger charge is -2.13. The second-order valence-corrected chi connectivity index (χ2v) is 6.64. The summed E-state index contributed by atoms with van der Waals surface area (Å²) < 4.78 is 36.0. The number of fused-ring (bicyclic) bond motifs is 1. The summed E-state index contributed by atoms with van der Waals surface area (Å²) in [5, 5.41) is 10.9. The van der Waals surface area contributed by atoms with Crippen molar-refractivity contribution in [2.45, 2.75) is 36.0 Å². The van der Waals surface area contributed by atoms with Crippen molar-refractivity contribution in [1.82, 2.24) is 4.72 Å². The zero-order valence-corrected chi connectivity index (χ0v) is 12.0. The van der Waals surface area contributed by atoms with Gasteiger partial charge in [-0.2, -0.15) is 0 Å². The standard InChI is InChI=1S/C12H12N2O7S/c15-12(21-9-6-5-8-11(9)20-8)13-22(18,19)10-4-2-1-3-7(10)14(16)17/h1-4,8-9,11H,5-6H2,(H,13,15). The minimum atomic E-state index is -4.39. The molecule has 1 heterocycles. The molecule has 3 unspecified atom stereocenters. The molecule has 1 saturated carbocycles. The number of nitrogens with one attached hydrogen (secondary N) is 1. The van der Waals surface area contributed by atoms with Gasteiger partial charge in [0.1, 0.15) is 12.2 Å². The number of nitro groups is 1. The molecule has 1 saturated heterocycles. The molecule has 2 fully saturated rings. The Kier molecular flexibility index (Phi) is 3.49. The first kappa shape index (κ1) is 14.7. The average Bonchev–Trinajstić information content (AvgIpc) is 3.14. The maximum atomic E-state index is 12.1. The average molecular weight is 328 g/mol. The topological polar surface area (TPSA) is 128 Å². The van der Waals surface area contributed by atoms with Crippen molar-refractivity contribution >= 4 is 21.8 Å². The molecule has 1 aliphatic carbocycles. The second kappa shape index (κ2) is 5.21. The van der Waals surface area contributed by atoms with Crippen molar-refractivity contribution in [2.24, 2.45) is 0 Å². The van der Waals surface area contributed by atoms with Crippen LogP contribution in [0.1, 0.15) is 12.8 Å². The Bertz CT molecular complexity index is 733. The molecule has 118 valence electrons. The number of rotatable bonds is 4. The Labute approximate surface area is 125 Å². The van der Waals surface area contributed by atoms with Crippen LogP contribution in [0, 0.1) is 10.1 Å². The molecule has 0 radical (unpaired) electrons. The fourth-order valence-electron chi connectivity index (χ4n) is 2.50. The van der Waals surface area contributed by atoms with Crippen LogP contribution in [0.3, 0.4) is 0 Å². The summed E-state index contributed by atoms with van der Waals surface area (Å²) in [7, 11) is -4.39. The van der Waals surface area contributed by atoms with Crippen LogP contribution < -0.4 is 4.72 Å². The third-order valence-electron chi connectivity index (χ3n) is 3.55. The van der Waals surface area contributed by atoms with Gasteiger partial charge < -0.3 is 9.47 Å². The van der Waals surface area contributed by atoms with Crippen molar-refractivity contribution < 1.29 is 27.6 Å². The van der Waals surface area contributed by atoms with Crippen molar-refractivity contribution in [3.05, 3.63) is 34.4 Å². The Morgan fingerprint density at radius 2 is 2.09 bits per heavy atom. The zero-order valence-electron chi connectivity index (χ0n) is 11.2. The van der Waals surface area contributed by atoms with Crippen LogP contribution in [0.15, 0.2) is 29.2 Å². The quantitative estimate of drug-likeness (QED) is 0.494. The molecule has 1 amide bonds. The van der Waals surface area contributed by atoms with E-state index in [1.807, 2.05) is 0 Å². The summed E-state index contributed by atoms with van der Waals surface area (Å²) >= 11 is 0. The van der Waals surface area contributed by atoms with E-state index >= 15 is 0 Å². The Morgan fingerprint density at radius 3 is 2.68 bits per heavy atom. The highest BCUT2D eigenvalue weighted by Crippen LogP contribution is 2.40. The molecular formula is C12H12N2O7S. The maximum Gasteiger partial charge on any atom is 0.421 e. The van der Waals surface area contributed by atoms with E-state index in [2.05, 4.69) is 0 Å². The highest BCUT2D eigenvalue weighted by atomic mass is 32.2. The summed E-state index contributed by atoms with van der Waals surface area (Å²) in [6.45, 7) is 0. The molecule has 0 aromatic heterocycles. The van der Waals surface area contributed by atoms with Crippen LogP contribution in [-0.2, 0) is 19.5 Å². The van der Waals surface area contributed by atoms with E-state index in [1.54, 1.807) is 4.72 Å². The van der Waals surface area contributed by atoms with E-state index in [1.165, 1.54) is 12.1 Å². The molecule has 9 nitrogen and oxygen atoms in total. The van der Waals surface area contributed by atoms with Crippen LogP contribution in [-0.4, -0.2) is 37.7 Å². The predicted octanol–water partition coefficient (Wildman–Crippen LogP) is 0.940. The lowest BCUT2D eigenvalue weighted by atomic mass is 10.3. The Morgan fingerprint density at radius 1 is 1.36 bits per heavy atom. The summed E-state index contributed by atoms with van der Waals surface area (Å²) in [4.78, 5) is 21.1. The predicted molar refractivity (Wildman–Crippen MR) is 71.6 cm³/mol.